The van der Waals surface area contributed by atoms with Crippen molar-refractivity contribution in [1.29, 1.82) is 0 Å². The number of carbonyl (C=O) groups excluding carboxylic acids is 1. The van der Waals surface area contributed by atoms with Gasteiger partial charge >= 0.3 is 0 Å². The lowest BCUT2D eigenvalue weighted by atomic mass is 10.1. The standard InChI is InChI=1S/C14H19N5O/c1-11-4-3-5-13(17-11)8-12(2)18-14(20)6-7-19-10-15-9-16-19/h3-5,9-10,12H,6-8H2,1-2H3,(H,18,20)/t12-/m1/s1. The van der Waals surface area contributed by atoms with E-state index in [1.165, 1.54) is 6.33 Å². The lowest BCUT2D eigenvalue weighted by Gasteiger charge is -2.13. The van der Waals surface area contributed by atoms with Gasteiger partial charge in [-0.05, 0) is 26.0 Å². The van der Waals surface area contributed by atoms with E-state index in [-0.39, 0.29) is 11.9 Å². The molecule has 0 aliphatic rings. The molecule has 6 nitrogen and oxygen atoms in total. The molecule has 0 saturated carbocycles. The molecule has 1 amide bonds. The summed E-state index contributed by atoms with van der Waals surface area (Å²) in [6, 6.07) is 5.99. The second-order valence-electron chi connectivity index (χ2n) is 4.85. The molecule has 0 spiro atoms. The lowest BCUT2D eigenvalue weighted by Crippen LogP contribution is -2.34. The number of nitrogens with one attached hydrogen (secondary N) is 1. The number of aryl methyl sites for hydroxylation is 2. The SMILES string of the molecule is Cc1cccc(C[C@@H](C)NC(=O)CCn2cncn2)n1. The second kappa shape index (κ2) is 6.79. The highest BCUT2D eigenvalue weighted by atomic mass is 16.1. The maximum Gasteiger partial charge on any atom is 0.222 e. The normalized spacial score (nSPS) is 12.1. The molecule has 20 heavy (non-hydrogen) atoms. The number of rotatable bonds is 6. The molecular formula is C14H19N5O. The molecule has 0 bridgehead atoms. The Morgan fingerprint density at radius 2 is 2.30 bits per heavy atom. The van der Waals surface area contributed by atoms with Gasteiger partial charge in [0.05, 0.1) is 6.54 Å². The Balaban J connectivity index is 1.76. The summed E-state index contributed by atoms with van der Waals surface area (Å²) in [5.41, 5.74) is 1.99. The third-order valence-electron chi connectivity index (χ3n) is 2.90. The van der Waals surface area contributed by atoms with Gasteiger partial charge < -0.3 is 5.32 Å². The van der Waals surface area contributed by atoms with Crippen molar-refractivity contribution in [3.63, 3.8) is 0 Å². The molecule has 0 radical (unpaired) electrons. The third kappa shape index (κ3) is 4.46. The number of amides is 1. The highest BCUT2D eigenvalue weighted by Gasteiger charge is 2.09. The minimum atomic E-state index is 0.0145. The van der Waals surface area contributed by atoms with E-state index in [0.29, 0.717) is 13.0 Å². The predicted molar refractivity (Wildman–Crippen MR) is 74.9 cm³/mol. The summed E-state index contributed by atoms with van der Waals surface area (Å²) in [5, 5.41) is 6.93. The highest BCUT2D eigenvalue weighted by Crippen LogP contribution is 2.02. The van der Waals surface area contributed by atoms with Crippen molar-refractivity contribution < 1.29 is 4.79 Å². The third-order valence-corrected chi connectivity index (χ3v) is 2.90. The minimum absolute atomic E-state index is 0.0145. The Labute approximate surface area is 118 Å². The van der Waals surface area contributed by atoms with Crippen molar-refractivity contribution in [1.82, 2.24) is 25.1 Å². The van der Waals surface area contributed by atoms with Gasteiger partial charge in [0.1, 0.15) is 12.7 Å². The van der Waals surface area contributed by atoms with Crippen LogP contribution < -0.4 is 5.32 Å². The Hall–Kier alpha value is -2.24. The average molecular weight is 273 g/mol. The van der Waals surface area contributed by atoms with Crippen LogP contribution in [-0.2, 0) is 17.8 Å². The van der Waals surface area contributed by atoms with Crippen molar-refractivity contribution in [2.24, 2.45) is 0 Å². The Kier molecular flexibility index (Phi) is 4.81. The molecule has 0 unspecified atom stereocenters. The molecule has 2 aromatic heterocycles. The van der Waals surface area contributed by atoms with Crippen LogP contribution in [0.4, 0.5) is 0 Å². The maximum atomic E-state index is 11.8. The molecule has 0 aliphatic carbocycles. The summed E-state index contributed by atoms with van der Waals surface area (Å²) in [6.07, 6.45) is 4.20. The summed E-state index contributed by atoms with van der Waals surface area (Å²) >= 11 is 0. The number of carbonyl (C=O) groups is 1. The average Bonchev–Trinajstić information content (AvgIpc) is 2.89. The first-order valence-electron chi connectivity index (χ1n) is 6.68. The summed E-state index contributed by atoms with van der Waals surface area (Å²) < 4.78 is 1.65. The monoisotopic (exact) mass is 273 g/mol. The maximum absolute atomic E-state index is 11.8. The van der Waals surface area contributed by atoms with Gasteiger partial charge in [-0.15, -0.1) is 0 Å². The van der Waals surface area contributed by atoms with Gasteiger partial charge in [0.15, 0.2) is 0 Å². The topological polar surface area (TPSA) is 72.7 Å². The molecule has 2 rings (SSSR count). The number of hydrogen-bond acceptors (Lipinski definition) is 4. The van der Waals surface area contributed by atoms with Crippen molar-refractivity contribution in [3.8, 4) is 0 Å². The van der Waals surface area contributed by atoms with Crippen LogP contribution in [0.5, 0.6) is 0 Å². The zero-order valence-corrected chi connectivity index (χ0v) is 11.8. The lowest BCUT2D eigenvalue weighted by molar-refractivity contribution is -0.121. The second-order valence-corrected chi connectivity index (χ2v) is 4.85. The van der Waals surface area contributed by atoms with Crippen LogP contribution >= 0.6 is 0 Å². The van der Waals surface area contributed by atoms with Crippen LogP contribution in [0.25, 0.3) is 0 Å². The number of nitrogens with zero attached hydrogens (tertiary/aromatic N) is 4. The molecule has 0 aromatic carbocycles. The Morgan fingerprint density at radius 1 is 1.45 bits per heavy atom. The van der Waals surface area contributed by atoms with E-state index in [0.717, 1.165) is 17.8 Å². The molecule has 1 atom stereocenters. The van der Waals surface area contributed by atoms with Crippen molar-refractivity contribution in [2.45, 2.75) is 39.3 Å². The van der Waals surface area contributed by atoms with Crippen LogP contribution in [0, 0.1) is 6.92 Å². The number of hydrogen-bond donors (Lipinski definition) is 1. The Bertz CT molecular complexity index is 552. The molecule has 0 fully saturated rings. The number of aromatic nitrogens is 4. The molecule has 0 saturated heterocycles. The van der Waals surface area contributed by atoms with Gasteiger partial charge in [0.25, 0.3) is 0 Å². The number of pyridine rings is 1. The van der Waals surface area contributed by atoms with Crippen LogP contribution in [0.2, 0.25) is 0 Å². The van der Waals surface area contributed by atoms with E-state index in [1.807, 2.05) is 32.0 Å². The fourth-order valence-electron chi connectivity index (χ4n) is 1.99. The molecule has 6 heteroatoms. The molecule has 0 aliphatic heterocycles. The first-order valence-corrected chi connectivity index (χ1v) is 6.68. The van der Waals surface area contributed by atoms with E-state index >= 15 is 0 Å². The van der Waals surface area contributed by atoms with Gasteiger partial charge in [0, 0.05) is 30.3 Å². The van der Waals surface area contributed by atoms with Crippen molar-refractivity contribution in [2.75, 3.05) is 0 Å². The molecular weight excluding hydrogens is 254 g/mol. The van der Waals surface area contributed by atoms with E-state index < -0.39 is 0 Å². The Morgan fingerprint density at radius 3 is 3.00 bits per heavy atom. The van der Waals surface area contributed by atoms with Crippen LogP contribution in [0.3, 0.4) is 0 Å². The molecule has 106 valence electrons. The highest BCUT2D eigenvalue weighted by molar-refractivity contribution is 5.76. The van der Waals surface area contributed by atoms with Crippen molar-refractivity contribution >= 4 is 5.91 Å². The fourth-order valence-corrected chi connectivity index (χ4v) is 1.99. The van der Waals surface area contributed by atoms with Gasteiger partial charge in [-0.3, -0.25) is 14.5 Å². The van der Waals surface area contributed by atoms with Gasteiger partial charge in [0.2, 0.25) is 5.91 Å². The predicted octanol–water partition coefficient (Wildman–Crippen LogP) is 1.12. The van der Waals surface area contributed by atoms with Crippen LogP contribution in [0.1, 0.15) is 24.7 Å². The van der Waals surface area contributed by atoms with E-state index in [9.17, 15) is 4.79 Å². The van der Waals surface area contributed by atoms with Crippen LogP contribution in [0.15, 0.2) is 30.9 Å². The first kappa shape index (κ1) is 14.2. The van der Waals surface area contributed by atoms with E-state index in [1.54, 1.807) is 11.0 Å². The summed E-state index contributed by atoms with van der Waals surface area (Å²) in [5.74, 6) is 0.0145. The first-order chi connectivity index (χ1) is 9.63. The fraction of sp³-hybridized carbons (Fsp3) is 0.429. The molecule has 1 N–H and O–H groups in total. The quantitative estimate of drug-likeness (QED) is 0.856. The summed E-state index contributed by atoms with van der Waals surface area (Å²) in [4.78, 5) is 20.1. The van der Waals surface area contributed by atoms with Gasteiger partial charge in [-0.25, -0.2) is 4.98 Å². The van der Waals surface area contributed by atoms with Gasteiger partial charge in [-0.1, -0.05) is 6.07 Å². The largest absolute Gasteiger partial charge is 0.353 e. The summed E-state index contributed by atoms with van der Waals surface area (Å²) in [6.45, 7) is 4.49. The van der Waals surface area contributed by atoms with Gasteiger partial charge in [-0.2, -0.15) is 5.10 Å². The zero-order valence-electron chi connectivity index (χ0n) is 11.8. The zero-order chi connectivity index (χ0) is 14.4. The van der Waals surface area contributed by atoms with E-state index in [2.05, 4.69) is 20.4 Å². The minimum Gasteiger partial charge on any atom is -0.353 e. The van der Waals surface area contributed by atoms with Crippen LogP contribution in [-0.4, -0.2) is 31.7 Å². The van der Waals surface area contributed by atoms with E-state index in [4.69, 9.17) is 0 Å². The smallest absolute Gasteiger partial charge is 0.222 e. The molecule has 2 heterocycles. The summed E-state index contributed by atoms with van der Waals surface area (Å²) in [7, 11) is 0. The molecule has 2 aromatic rings. The van der Waals surface area contributed by atoms with Crippen molar-refractivity contribution in [3.05, 3.63) is 42.2 Å².